The lowest BCUT2D eigenvalue weighted by atomic mass is 10.1. The number of H-pyrrole nitrogens is 1. The third kappa shape index (κ3) is 4.93. The van der Waals surface area contributed by atoms with E-state index in [-0.39, 0.29) is 18.5 Å². The van der Waals surface area contributed by atoms with E-state index in [1.807, 2.05) is 41.2 Å². The van der Waals surface area contributed by atoms with Crippen molar-refractivity contribution >= 4 is 34.1 Å². The van der Waals surface area contributed by atoms with Crippen molar-refractivity contribution in [3.05, 3.63) is 58.4 Å². The fourth-order valence-electron chi connectivity index (χ4n) is 2.63. The van der Waals surface area contributed by atoms with Crippen LogP contribution in [0.25, 0.3) is 10.9 Å². The van der Waals surface area contributed by atoms with Gasteiger partial charge in [-0.3, -0.25) is 9.59 Å². The first-order valence-electron chi connectivity index (χ1n) is 8.21. The number of nitrogens with one attached hydrogen (secondary N) is 2. The van der Waals surface area contributed by atoms with Crippen LogP contribution in [0.4, 0.5) is 0 Å². The van der Waals surface area contributed by atoms with Crippen LogP contribution in [0.3, 0.4) is 0 Å². The first kappa shape index (κ1) is 17.2. The van der Waals surface area contributed by atoms with Gasteiger partial charge in [0.1, 0.15) is 0 Å². The third-order valence-electron chi connectivity index (χ3n) is 3.95. The van der Waals surface area contributed by atoms with Gasteiger partial charge in [0.25, 0.3) is 5.91 Å². The summed E-state index contributed by atoms with van der Waals surface area (Å²) in [5.41, 5.74) is 3.36. The largest absolute Gasteiger partial charge is 0.456 e. The predicted octanol–water partition coefficient (Wildman–Crippen LogP) is 3.06. The van der Waals surface area contributed by atoms with Crippen LogP contribution in [0.15, 0.2) is 47.3 Å². The molecule has 1 aromatic carbocycles. The molecular weight excluding hydrogens is 336 g/mol. The zero-order valence-corrected chi connectivity index (χ0v) is 14.6. The van der Waals surface area contributed by atoms with Gasteiger partial charge in [0, 0.05) is 30.1 Å². The number of hydrogen-bond donors (Lipinski definition) is 2. The van der Waals surface area contributed by atoms with Crippen LogP contribution in [-0.4, -0.2) is 30.0 Å². The first-order chi connectivity index (χ1) is 12.2. The maximum atomic E-state index is 11.8. The highest BCUT2D eigenvalue weighted by Gasteiger charge is 2.08. The number of benzene rings is 1. The number of thiophene rings is 1. The number of aryl methyl sites for hydroxylation is 1. The van der Waals surface area contributed by atoms with Crippen LogP contribution in [-0.2, 0) is 27.2 Å². The van der Waals surface area contributed by atoms with Gasteiger partial charge in [0.2, 0.25) is 0 Å². The van der Waals surface area contributed by atoms with Crippen LogP contribution in [0, 0.1) is 0 Å². The van der Waals surface area contributed by atoms with E-state index in [0.717, 1.165) is 28.5 Å². The Morgan fingerprint density at radius 2 is 2.04 bits per heavy atom. The maximum absolute atomic E-state index is 11.8. The molecule has 2 N–H and O–H groups in total. The molecule has 0 aliphatic heterocycles. The number of amides is 1. The van der Waals surface area contributed by atoms with Crippen molar-refractivity contribution in [1.82, 2.24) is 10.3 Å². The molecule has 0 saturated carbocycles. The number of rotatable bonds is 8. The van der Waals surface area contributed by atoms with Gasteiger partial charge in [-0.2, -0.15) is 11.3 Å². The summed E-state index contributed by atoms with van der Waals surface area (Å²) in [7, 11) is 0. The second-order valence-electron chi connectivity index (χ2n) is 5.75. The molecule has 0 saturated heterocycles. The van der Waals surface area contributed by atoms with Crippen molar-refractivity contribution in [2.45, 2.75) is 19.3 Å². The number of aromatic amines is 1. The van der Waals surface area contributed by atoms with Crippen LogP contribution < -0.4 is 5.32 Å². The smallest absolute Gasteiger partial charge is 0.306 e. The number of carbonyl (C=O) groups excluding carboxylic acids is 2. The second-order valence-corrected chi connectivity index (χ2v) is 6.53. The average molecular weight is 356 g/mol. The highest BCUT2D eigenvalue weighted by Crippen LogP contribution is 2.17. The monoisotopic (exact) mass is 356 g/mol. The molecular formula is C19H20N2O3S. The fourth-order valence-corrected chi connectivity index (χ4v) is 3.33. The van der Waals surface area contributed by atoms with E-state index in [4.69, 9.17) is 4.74 Å². The normalized spacial score (nSPS) is 10.7. The zero-order chi connectivity index (χ0) is 17.5. The van der Waals surface area contributed by atoms with Crippen molar-refractivity contribution in [3.63, 3.8) is 0 Å². The minimum atomic E-state index is -0.349. The van der Waals surface area contributed by atoms with Gasteiger partial charge in [-0.15, -0.1) is 0 Å². The van der Waals surface area contributed by atoms with E-state index in [1.165, 1.54) is 0 Å². The topological polar surface area (TPSA) is 71.2 Å². The molecule has 6 heteroatoms. The molecule has 25 heavy (non-hydrogen) atoms. The van der Waals surface area contributed by atoms with E-state index in [2.05, 4.69) is 16.4 Å². The zero-order valence-electron chi connectivity index (χ0n) is 13.8. The number of carbonyl (C=O) groups is 2. The SMILES string of the molecule is O=C(COC(=O)CCc1ccsc1)NCCc1c[nH]c2ccccc12. The lowest BCUT2D eigenvalue weighted by Crippen LogP contribution is -2.30. The molecule has 0 spiro atoms. The van der Waals surface area contributed by atoms with Gasteiger partial charge in [-0.05, 0) is 46.9 Å². The molecule has 130 valence electrons. The summed E-state index contributed by atoms with van der Waals surface area (Å²) in [6, 6.07) is 10.0. The molecule has 0 unspecified atom stereocenters. The van der Waals surface area contributed by atoms with E-state index in [0.29, 0.717) is 19.4 Å². The van der Waals surface area contributed by atoms with Crippen LogP contribution >= 0.6 is 11.3 Å². The summed E-state index contributed by atoms with van der Waals surface area (Å²) in [6.07, 6.45) is 3.62. The third-order valence-corrected chi connectivity index (χ3v) is 4.69. The van der Waals surface area contributed by atoms with Crippen molar-refractivity contribution in [1.29, 1.82) is 0 Å². The van der Waals surface area contributed by atoms with E-state index in [9.17, 15) is 9.59 Å². The van der Waals surface area contributed by atoms with Gasteiger partial charge in [0.05, 0.1) is 0 Å². The lowest BCUT2D eigenvalue weighted by Gasteiger charge is -2.06. The average Bonchev–Trinajstić information content (AvgIpc) is 3.28. The minimum Gasteiger partial charge on any atom is -0.456 e. The Hall–Kier alpha value is -2.60. The molecule has 5 nitrogen and oxygen atoms in total. The van der Waals surface area contributed by atoms with Gasteiger partial charge < -0.3 is 15.0 Å². The molecule has 1 amide bonds. The van der Waals surface area contributed by atoms with Gasteiger partial charge in [0.15, 0.2) is 6.61 Å². The van der Waals surface area contributed by atoms with Crippen molar-refractivity contribution in [3.8, 4) is 0 Å². The van der Waals surface area contributed by atoms with Gasteiger partial charge >= 0.3 is 5.97 Å². The molecule has 2 aromatic heterocycles. The molecule has 3 rings (SSSR count). The first-order valence-corrected chi connectivity index (χ1v) is 9.15. The Morgan fingerprint density at radius 3 is 2.88 bits per heavy atom. The van der Waals surface area contributed by atoms with Gasteiger partial charge in [-0.1, -0.05) is 18.2 Å². The Bertz CT molecular complexity index is 839. The molecule has 0 bridgehead atoms. The number of aromatic nitrogens is 1. The van der Waals surface area contributed by atoms with E-state index in [1.54, 1.807) is 11.3 Å². The molecule has 3 aromatic rings. The molecule has 0 aliphatic carbocycles. The molecule has 2 heterocycles. The molecule has 0 aliphatic rings. The number of para-hydroxylation sites is 1. The number of hydrogen-bond acceptors (Lipinski definition) is 4. The summed E-state index contributed by atoms with van der Waals surface area (Å²) in [5.74, 6) is -0.623. The summed E-state index contributed by atoms with van der Waals surface area (Å²) in [6.45, 7) is 0.281. The van der Waals surface area contributed by atoms with E-state index < -0.39 is 0 Å². The predicted molar refractivity (Wildman–Crippen MR) is 98.6 cm³/mol. The summed E-state index contributed by atoms with van der Waals surface area (Å²) >= 11 is 1.60. The standard InChI is InChI=1S/C19H20N2O3S/c22-18(12-24-19(23)6-5-14-8-10-25-13-14)20-9-7-15-11-21-17-4-2-1-3-16(15)17/h1-4,8,10-11,13,21H,5-7,9,12H2,(H,20,22). The minimum absolute atomic E-state index is 0.226. The number of esters is 1. The Morgan fingerprint density at radius 1 is 1.16 bits per heavy atom. The van der Waals surface area contributed by atoms with E-state index >= 15 is 0 Å². The highest BCUT2D eigenvalue weighted by atomic mass is 32.1. The van der Waals surface area contributed by atoms with Gasteiger partial charge in [-0.25, -0.2) is 0 Å². The summed E-state index contributed by atoms with van der Waals surface area (Å²) in [4.78, 5) is 26.6. The number of ether oxygens (including phenoxy) is 1. The quantitative estimate of drug-likeness (QED) is 0.609. The van der Waals surface area contributed by atoms with Crippen molar-refractivity contribution in [2.75, 3.05) is 13.2 Å². The molecule has 0 atom stereocenters. The number of fused-ring (bicyclic) bond motifs is 1. The van der Waals surface area contributed by atoms with Crippen molar-refractivity contribution in [2.24, 2.45) is 0 Å². The molecule has 0 radical (unpaired) electrons. The fraction of sp³-hybridized carbons (Fsp3) is 0.263. The Labute approximate surface area is 150 Å². The molecule has 0 fully saturated rings. The summed E-state index contributed by atoms with van der Waals surface area (Å²) in [5, 5.41) is 7.92. The van der Waals surface area contributed by atoms with Crippen LogP contribution in [0.5, 0.6) is 0 Å². The maximum Gasteiger partial charge on any atom is 0.306 e. The Kier molecular flexibility index (Phi) is 5.85. The Balaban J connectivity index is 1.34. The lowest BCUT2D eigenvalue weighted by molar-refractivity contribution is -0.148. The second kappa shape index (κ2) is 8.48. The van der Waals surface area contributed by atoms with Crippen LogP contribution in [0.1, 0.15) is 17.5 Å². The van der Waals surface area contributed by atoms with Crippen molar-refractivity contribution < 1.29 is 14.3 Å². The summed E-state index contributed by atoms with van der Waals surface area (Å²) < 4.78 is 5.01. The van der Waals surface area contributed by atoms with Crippen LogP contribution in [0.2, 0.25) is 0 Å². The highest BCUT2D eigenvalue weighted by molar-refractivity contribution is 7.07.